The number of oxazole rings is 1. The van der Waals surface area contributed by atoms with Crippen LogP contribution < -0.4 is 10.6 Å². The van der Waals surface area contributed by atoms with Gasteiger partial charge in [0.05, 0.1) is 0 Å². The number of nitrogens with one attached hydrogen (secondary N) is 2. The molecule has 1 aliphatic heterocycles. The normalized spacial score (nSPS) is 26.2. The summed E-state index contributed by atoms with van der Waals surface area (Å²) < 4.78 is 5.42. The molecule has 2 heterocycles. The van der Waals surface area contributed by atoms with E-state index in [0.29, 0.717) is 41.4 Å². The zero-order valence-corrected chi connectivity index (χ0v) is 17.2. The number of hydrogen-bond donors (Lipinski definition) is 2. The van der Waals surface area contributed by atoms with Crippen LogP contribution in [0.2, 0.25) is 0 Å². The molecule has 1 spiro atoms. The van der Waals surface area contributed by atoms with Gasteiger partial charge in [0.25, 0.3) is 5.91 Å². The van der Waals surface area contributed by atoms with E-state index in [-0.39, 0.29) is 17.9 Å². The van der Waals surface area contributed by atoms with Crippen molar-refractivity contribution in [3.8, 4) is 0 Å². The van der Waals surface area contributed by atoms with E-state index in [9.17, 15) is 14.4 Å². The second-order valence-corrected chi connectivity index (χ2v) is 9.22. The number of urea groups is 1. The molecule has 2 fully saturated rings. The highest BCUT2D eigenvalue weighted by atomic mass is 16.3. The van der Waals surface area contributed by atoms with Gasteiger partial charge in [-0.25, -0.2) is 9.78 Å². The van der Waals surface area contributed by atoms with Crippen molar-refractivity contribution in [3.63, 3.8) is 0 Å². The molecule has 2 N–H and O–H groups in total. The fourth-order valence-corrected chi connectivity index (χ4v) is 5.11. The first-order chi connectivity index (χ1) is 13.6. The average Bonchev–Trinajstić information content (AvgIpc) is 3.04. The number of carbonyl (C=O) groups is 3. The molecule has 2 aromatic rings. The van der Waals surface area contributed by atoms with Crippen molar-refractivity contribution in [2.75, 3.05) is 11.9 Å². The summed E-state index contributed by atoms with van der Waals surface area (Å²) in [4.78, 5) is 43.5. The number of amides is 4. The lowest BCUT2D eigenvalue weighted by Crippen LogP contribution is -2.54. The molecule has 0 unspecified atom stereocenters. The lowest BCUT2D eigenvalue weighted by Gasteiger charge is -2.43. The maximum atomic E-state index is 13.1. The summed E-state index contributed by atoms with van der Waals surface area (Å²) in [5.41, 5.74) is 0.836. The van der Waals surface area contributed by atoms with Crippen molar-refractivity contribution in [3.05, 3.63) is 24.1 Å². The van der Waals surface area contributed by atoms with Crippen LogP contribution >= 0.6 is 0 Å². The van der Waals surface area contributed by atoms with Crippen LogP contribution in [0.1, 0.15) is 45.9 Å². The highest BCUT2D eigenvalue weighted by molar-refractivity contribution is 6.10. The van der Waals surface area contributed by atoms with E-state index in [4.69, 9.17) is 4.42 Å². The van der Waals surface area contributed by atoms with Gasteiger partial charge in [0.1, 0.15) is 17.6 Å². The number of aryl methyl sites for hydroxylation is 1. The van der Waals surface area contributed by atoms with E-state index in [1.165, 1.54) is 0 Å². The molecule has 8 nitrogen and oxygen atoms in total. The third kappa shape index (κ3) is 3.59. The van der Waals surface area contributed by atoms with Crippen LogP contribution in [0.3, 0.4) is 0 Å². The van der Waals surface area contributed by atoms with Crippen LogP contribution in [0.4, 0.5) is 10.5 Å². The van der Waals surface area contributed by atoms with Gasteiger partial charge in [0, 0.05) is 12.6 Å². The molecule has 0 radical (unpaired) electrons. The second-order valence-electron chi connectivity index (χ2n) is 9.22. The Morgan fingerprint density at radius 3 is 2.83 bits per heavy atom. The van der Waals surface area contributed by atoms with Crippen molar-refractivity contribution in [2.24, 2.45) is 11.3 Å². The standard InChI is InChI=1S/C21H26N4O4/c1-12-8-20(3,4)11-21(9-12)18(27)25(19(28)24-21)10-17(26)23-14-5-6-16-15(7-14)22-13(2)29-16/h5-7,12H,8-11H2,1-4H3,(H,23,26)(H,24,28)/t12-,21-/m0/s1. The van der Waals surface area contributed by atoms with E-state index < -0.39 is 17.5 Å². The van der Waals surface area contributed by atoms with Gasteiger partial charge >= 0.3 is 6.03 Å². The molecule has 2 aliphatic rings. The van der Waals surface area contributed by atoms with Gasteiger partial charge < -0.3 is 15.1 Å². The van der Waals surface area contributed by atoms with Crippen LogP contribution in [0.25, 0.3) is 11.1 Å². The van der Waals surface area contributed by atoms with Gasteiger partial charge in [-0.2, -0.15) is 0 Å². The monoisotopic (exact) mass is 398 g/mol. The number of imide groups is 1. The molecule has 0 bridgehead atoms. The lowest BCUT2D eigenvalue weighted by atomic mass is 9.64. The van der Waals surface area contributed by atoms with Crippen molar-refractivity contribution < 1.29 is 18.8 Å². The third-order valence-electron chi connectivity index (χ3n) is 5.70. The van der Waals surface area contributed by atoms with Gasteiger partial charge in [-0.3, -0.25) is 14.5 Å². The number of rotatable bonds is 3. The summed E-state index contributed by atoms with van der Waals surface area (Å²) in [6, 6.07) is 4.61. The van der Waals surface area contributed by atoms with E-state index in [1.54, 1.807) is 25.1 Å². The first kappa shape index (κ1) is 19.4. The zero-order valence-electron chi connectivity index (χ0n) is 17.2. The predicted octanol–water partition coefficient (Wildman–Crippen LogP) is 3.21. The number of hydrogen-bond acceptors (Lipinski definition) is 5. The summed E-state index contributed by atoms with van der Waals surface area (Å²) in [7, 11) is 0. The van der Waals surface area contributed by atoms with E-state index in [1.807, 2.05) is 0 Å². The van der Waals surface area contributed by atoms with Crippen LogP contribution in [0.5, 0.6) is 0 Å². The molecule has 29 heavy (non-hydrogen) atoms. The summed E-state index contributed by atoms with van der Waals surface area (Å²) in [5.74, 6) is 0.111. The first-order valence-electron chi connectivity index (χ1n) is 9.88. The number of benzene rings is 1. The Bertz CT molecular complexity index is 1010. The maximum absolute atomic E-state index is 13.1. The Kier molecular flexibility index (Phi) is 4.40. The van der Waals surface area contributed by atoms with Crippen LogP contribution in [-0.4, -0.2) is 39.8 Å². The summed E-state index contributed by atoms with van der Waals surface area (Å²) in [6.45, 7) is 7.75. The number of anilines is 1. The van der Waals surface area contributed by atoms with Crippen LogP contribution in [-0.2, 0) is 9.59 Å². The molecule has 1 saturated carbocycles. The van der Waals surface area contributed by atoms with Crippen LogP contribution in [0.15, 0.2) is 22.6 Å². The Hall–Kier alpha value is -2.90. The SMILES string of the molecule is Cc1nc2cc(NC(=O)CN3C(=O)N[C@]4(C[C@@H](C)CC(C)(C)C4)C3=O)ccc2o1. The molecular formula is C21H26N4O4. The summed E-state index contributed by atoms with van der Waals surface area (Å²) in [5, 5.41) is 5.62. The summed E-state index contributed by atoms with van der Waals surface area (Å²) in [6.07, 6.45) is 2.18. The largest absolute Gasteiger partial charge is 0.441 e. The van der Waals surface area contributed by atoms with E-state index in [2.05, 4.69) is 36.4 Å². The molecule has 2 atom stereocenters. The minimum atomic E-state index is -0.907. The molecule has 4 amide bonds. The Labute approximate surface area is 169 Å². The molecule has 4 rings (SSSR count). The van der Waals surface area contributed by atoms with Gasteiger partial charge in [0.2, 0.25) is 5.91 Å². The molecular weight excluding hydrogens is 372 g/mol. The van der Waals surface area contributed by atoms with E-state index >= 15 is 0 Å². The van der Waals surface area contributed by atoms with Crippen molar-refractivity contribution >= 4 is 34.6 Å². The minimum absolute atomic E-state index is 0.0516. The topological polar surface area (TPSA) is 105 Å². The molecule has 1 aliphatic carbocycles. The third-order valence-corrected chi connectivity index (χ3v) is 5.70. The Morgan fingerprint density at radius 1 is 1.34 bits per heavy atom. The molecule has 1 aromatic heterocycles. The maximum Gasteiger partial charge on any atom is 0.325 e. The van der Waals surface area contributed by atoms with Crippen molar-refractivity contribution in [1.29, 1.82) is 0 Å². The predicted molar refractivity (Wildman–Crippen MR) is 107 cm³/mol. The quantitative estimate of drug-likeness (QED) is 0.773. The van der Waals surface area contributed by atoms with Crippen molar-refractivity contribution in [1.82, 2.24) is 15.2 Å². The van der Waals surface area contributed by atoms with Gasteiger partial charge in [-0.1, -0.05) is 20.8 Å². The molecule has 154 valence electrons. The smallest absolute Gasteiger partial charge is 0.325 e. The number of nitrogens with zero attached hydrogens (tertiary/aromatic N) is 2. The lowest BCUT2D eigenvalue weighted by molar-refractivity contribution is -0.136. The van der Waals surface area contributed by atoms with Gasteiger partial charge in [0.15, 0.2) is 11.5 Å². The number of aromatic nitrogens is 1. The Morgan fingerprint density at radius 2 is 2.10 bits per heavy atom. The fourth-order valence-electron chi connectivity index (χ4n) is 5.11. The summed E-state index contributed by atoms with van der Waals surface area (Å²) >= 11 is 0. The molecule has 1 saturated heterocycles. The van der Waals surface area contributed by atoms with Gasteiger partial charge in [-0.15, -0.1) is 0 Å². The number of carbonyl (C=O) groups excluding carboxylic acids is 3. The molecule has 1 aromatic carbocycles. The minimum Gasteiger partial charge on any atom is -0.441 e. The highest BCUT2D eigenvalue weighted by Gasteiger charge is 2.56. The average molecular weight is 398 g/mol. The fraction of sp³-hybridized carbons (Fsp3) is 0.524. The molecule has 8 heteroatoms. The van der Waals surface area contributed by atoms with Crippen molar-refractivity contribution in [2.45, 2.75) is 52.5 Å². The highest BCUT2D eigenvalue weighted by Crippen LogP contribution is 2.46. The van der Waals surface area contributed by atoms with E-state index in [0.717, 1.165) is 11.3 Å². The second kappa shape index (κ2) is 6.57. The first-order valence-corrected chi connectivity index (χ1v) is 9.88. The number of fused-ring (bicyclic) bond motifs is 1. The Balaban J connectivity index is 1.47. The van der Waals surface area contributed by atoms with Crippen LogP contribution in [0, 0.1) is 18.3 Å². The van der Waals surface area contributed by atoms with Gasteiger partial charge in [-0.05, 0) is 48.8 Å². The zero-order chi connectivity index (χ0) is 21.0.